The second kappa shape index (κ2) is 5.93. The molecule has 0 aromatic heterocycles. The Hall–Kier alpha value is -1.13. The average Bonchev–Trinajstić information content (AvgIpc) is 2.49. The van der Waals surface area contributed by atoms with E-state index < -0.39 is 0 Å². The van der Waals surface area contributed by atoms with E-state index in [9.17, 15) is 4.79 Å². The lowest BCUT2D eigenvalue weighted by Gasteiger charge is -2.20. The van der Waals surface area contributed by atoms with Crippen LogP contribution >= 0.6 is 31.9 Å². The number of aryl methyl sites for hydroxylation is 2. The van der Waals surface area contributed by atoms with Crippen LogP contribution in [0.5, 0.6) is 0 Å². The molecule has 1 aliphatic rings. The zero-order valence-corrected chi connectivity index (χ0v) is 14.8. The van der Waals surface area contributed by atoms with Gasteiger partial charge in [0.2, 0.25) is 5.91 Å². The first-order valence-corrected chi connectivity index (χ1v) is 8.59. The van der Waals surface area contributed by atoms with E-state index >= 15 is 0 Å². The number of hydrogen-bond acceptors (Lipinski definition) is 1. The molecule has 4 heteroatoms. The highest BCUT2D eigenvalue weighted by Crippen LogP contribution is 2.38. The first kappa shape index (κ1) is 14.8. The predicted molar refractivity (Wildman–Crippen MR) is 93.0 cm³/mol. The van der Waals surface area contributed by atoms with Gasteiger partial charge in [0, 0.05) is 16.6 Å². The van der Waals surface area contributed by atoms with E-state index in [0.717, 1.165) is 16.6 Å². The molecule has 0 aliphatic carbocycles. The number of carbonyl (C=O) groups is 1. The topological polar surface area (TPSA) is 29.1 Å². The Labute approximate surface area is 141 Å². The summed E-state index contributed by atoms with van der Waals surface area (Å²) in [5.74, 6) is 0.104. The van der Waals surface area contributed by atoms with Crippen LogP contribution in [0.15, 0.2) is 40.9 Å². The van der Waals surface area contributed by atoms with Crippen LogP contribution in [-0.4, -0.2) is 5.91 Å². The smallest absolute Gasteiger partial charge is 0.224 e. The highest BCUT2D eigenvalue weighted by atomic mass is 79.9. The van der Waals surface area contributed by atoms with Crippen molar-refractivity contribution < 1.29 is 4.79 Å². The lowest BCUT2D eigenvalue weighted by molar-refractivity contribution is -0.116. The average molecular weight is 409 g/mol. The number of halogens is 2. The van der Waals surface area contributed by atoms with Crippen molar-refractivity contribution in [2.75, 3.05) is 5.32 Å². The number of amides is 1. The summed E-state index contributed by atoms with van der Waals surface area (Å²) >= 11 is 7.48. The molecule has 1 heterocycles. The summed E-state index contributed by atoms with van der Waals surface area (Å²) in [7, 11) is 0. The van der Waals surface area contributed by atoms with E-state index in [1.807, 2.05) is 6.07 Å². The van der Waals surface area contributed by atoms with E-state index in [1.165, 1.54) is 22.3 Å². The second-order valence-corrected chi connectivity index (χ2v) is 7.01. The zero-order chi connectivity index (χ0) is 15.0. The number of hydrogen-bond donors (Lipinski definition) is 1. The Morgan fingerprint density at radius 1 is 1.19 bits per heavy atom. The molecule has 1 aliphatic heterocycles. The van der Waals surface area contributed by atoms with Gasteiger partial charge < -0.3 is 5.32 Å². The maximum absolute atomic E-state index is 11.4. The van der Waals surface area contributed by atoms with Crippen LogP contribution in [0.1, 0.15) is 33.5 Å². The van der Waals surface area contributed by atoms with Crippen molar-refractivity contribution in [3.8, 4) is 0 Å². The van der Waals surface area contributed by atoms with Crippen molar-refractivity contribution in [2.24, 2.45) is 0 Å². The fourth-order valence-corrected chi connectivity index (χ4v) is 4.07. The summed E-state index contributed by atoms with van der Waals surface area (Å²) in [6, 6.07) is 12.5. The summed E-state index contributed by atoms with van der Waals surface area (Å²) < 4.78 is 1.14. The summed E-state index contributed by atoms with van der Waals surface area (Å²) in [5.41, 5.74) is 5.80. The minimum atomic E-state index is 0.104. The largest absolute Gasteiger partial charge is 0.326 e. The molecule has 2 aromatic rings. The van der Waals surface area contributed by atoms with E-state index in [1.54, 1.807) is 0 Å². The normalized spacial score (nSPS) is 15.3. The van der Waals surface area contributed by atoms with E-state index in [4.69, 9.17) is 0 Å². The van der Waals surface area contributed by atoms with Crippen LogP contribution < -0.4 is 5.32 Å². The first-order valence-electron chi connectivity index (χ1n) is 6.88. The van der Waals surface area contributed by atoms with Gasteiger partial charge in [0.15, 0.2) is 0 Å². The van der Waals surface area contributed by atoms with Gasteiger partial charge in [-0.2, -0.15) is 0 Å². The third-order valence-electron chi connectivity index (χ3n) is 3.81. The van der Waals surface area contributed by atoms with Gasteiger partial charge >= 0.3 is 0 Å². The van der Waals surface area contributed by atoms with Gasteiger partial charge in [0.05, 0.1) is 4.83 Å². The Morgan fingerprint density at radius 3 is 2.81 bits per heavy atom. The number of alkyl halides is 1. The van der Waals surface area contributed by atoms with E-state index in [0.29, 0.717) is 6.42 Å². The van der Waals surface area contributed by atoms with Crippen molar-refractivity contribution in [1.82, 2.24) is 0 Å². The predicted octanol–water partition coefficient (Wildman–Crippen LogP) is 5.13. The molecule has 0 spiro atoms. The molecule has 2 aromatic carbocycles. The monoisotopic (exact) mass is 407 g/mol. The molecule has 0 fully saturated rings. The number of anilines is 1. The molecule has 0 saturated heterocycles. The maximum Gasteiger partial charge on any atom is 0.224 e. The molecule has 2 nitrogen and oxygen atoms in total. The standard InChI is InChI=1S/C17H15Br2NO/c1-10-3-2-4-13(16(10)18)17(19)12-5-7-14-11(9-12)6-8-15(21)20-14/h2-5,7,9,17H,6,8H2,1H3,(H,20,21). The number of nitrogens with one attached hydrogen (secondary N) is 1. The van der Waals surface area contributed by atoms with Gasteiger partial charge in [0.25, 0.3) is 0 Å². The summed E-state index contributed by atoms with van der Waals surface area (Å²) in [4.78, 5) is 11.6. The van der Waals surface area contributed by atoms with Crippen molar-refractivity contribution in [1.29, 1.82) is 0 Å². The van der Waals surface area contributed by atoms with Crippen molar-refractivity contribution >= 4 is 43.5 Å². The van der Waals surface area contributed by atoms with Gasteiger partial charge in [-0.05, 0) is 41.7 Å². The van der Waals surface area contributed by atoms with Gasteiger partial charge in [-0.25, -0.2) is 0 Å². The Kier molecular flexibility index (Phi) is 4.18. The molecule has 21 heavy (non-hydrogen) atoms. The minimum absolute atomic E-state index is 0.104. The first-order chi connectivity index (χ1) is 10.1. The van der Waals surface area contributed by atoms with Crippen LogP contribution in [0.4, 0.5) is 5.69 Å². The Balaban J connectivity index is 1.97. The fraction of sp³-hybridized carbons (Fsp3) is 0.235. The number of carbonyl (C=O) groups excluding carboxylic acids is 1. The Morgan fingerprint density at radius 2 is 2.00 bits per heavy atom. The SMILES string of the molecule is Cc1cccc(C(Br)c2ccc3c(c2)CCC(=O)N3)c1Br. The zero-order valence-electron chi connectivity index (χ0n) is 11.6. The van der Waals surface area contributed by atoms with Gasteiger partial charge in [0.1, 0.15) is 0 Å². The van der Waals surface area contributed by atoms with Crippen LogP contribution in [0.3, 0.4) is 0 Å². The second-order valence-electron chi connectivity index (χ2n) is 5.31. The van der Waals surface area contributed by atoms with Gasteiger partial charge in [-0.15, -0.1) is 0 Å². The lowest BCUT2D eigenvalue weighted by atomic mass is 9.96. The summed E-state index contributed by atoms with van der Waals surface area (Å²) in [6.45, 7) is 2.09. The molecule has 0 bridgehead atoms. The molecular weight excluding hydrogens is 394 g/mol. The van der Waals surface area contributed by atoms with Gasteiger partial charge in [-0.1, -0.05) is 62.2 Å². The van der Waals surface area contributed by atoms with Gasteiger partial charge in [-0.3, -0.25) is 4.79 Å². The molecule has 1 atom stereocenters. The number of benzene rings is 2. The minimum Gasteiger partial charge on any atom is -0.326 e. The fourth-order valence-electron chi connectivity index (χ4n) is 2.61. The van der Waals surface area contributed by atoms with Crippen LogP contribution in [0.2, 0.25) is 0 Å². The molecule has 1 amide bonds. The van der Waals surface area contributed by atoms with Crippen LogP contribution in [0.25, 0.3) is 0 Å². The summed E-state index contributed by atoms with van der Waals surface area (Å²) in [5, 5.41) is 2.92. The molecule has 3 rings (SSSR count). The number of fused-ring (bicyclic) bond motifs is 1. The molecule has 1 N–H and O–H groups in total. The number of rotatable bonds is 2. The third-order valence-corrected chi connectivity index (χ3v) is 5.92. The van der Waals surface area contributed by atoms with E-state index in [-0.39, 0.29) is 10.7 Å². The van der Waals surface area contributed by atoms with Crippen molar-refractivity contribution in [3.63, 3.8) is 0 Å². The maximum atomic E-state index is 11.4. The molecule has 0 saturated carbocycles. The molecule has 0 radical (unpaired) electrons. The lowest BCUT2D eigenvalue weighted by Crippen LogP contribution is -2.19. The summed E-state index contributed by atoms with van der Waals surface area (Å²) in [6.07, 6.45) is 1.38. The highest BCUT2D eigenvalue weighted by Gasteiger charge is 2.19. The highest BCUT2D eigenvalue weighted by molar-refractivity contribution is 9.11. The molecule has 1 unspecified atom stereocenters. The third kappa shape index (κ3) is 2.92. The molecular formula is C17H15Br2NO. The van der Waals surface area contributed by atoms with Crippen molar-refractivity contribution in [2.45, 2.75) is 24.6 Å². The molecule has 108 valence electrons. The van der Waals surface area contributed by atoms with Crippen LogP contribution in [0, 0.1) is 6.92 Å². The van der Waals surface area contributed by atoms with Crippen LogP contribution in [-0.2, 0) is 11.2 Å². The van der Waals surface area contributed by atoms with E-state index in [2.05, 4.69) is 74.4 Å². The Bertz CT molecular complexity index is 712. The van der Waals surface area contributed by atoms with Crippen molar-refractivity contribution in [3.05, 3.63) is 63.1 Å². The quantitative estimate of drug-likeness (QED) is 0.686.